The molecule has 2 heterocycles. The number of fused-ring (bicyclic) bond motifs is 1. The molecule has 19 heavy (non-hydrogen) atoms. The molecule has 5 nitrogen and oxygen atoms in total. The molecule has 0 aromatic heterocycles. The van der Waals surface area contributed by atoms with Gasteiger partial charge < -0.3 is 15.5 Å². The smallest absolute Gasteiger partial charge is 0.241 e. The average Bonchev–Trinajstić information content (AvgIpc) is 2.62. The van der Waals surface area contributed by atoms with Crippen molar-refractivity contribution in [3.8, 4) is 0 Å². The van der Waals surface area contributed by atoms with Gasteiger partial charge in [0.15, 0.2) is 0 Å². The van der Waals surface area contributed by atoms with Gasteiger partial charge in [-0.25, -0.2) is 0 Å². The predicted molar refractivity (Wildman–Crippen MR) is 70.8 cm³/mol. The molecular formula is C14H18N2O3. The zero-order valence-electron chi connectivity index (χ0n) is 10.6. The second kappa shape index (κ2) is 4.92. The molecule has 3 unspecified atom stereocenters. The Kier molecular flexibility index (Phi) is 3.26. The number of nitrogens with zero attached hydrogens (tertiary/aromatic N) is 1. The van der Waals surface area contributed by atoms with Crippen molar-refractivity contribution in [2.45, 2.75) is 31.1 Å². The number of hydrogen-bond donors (Lipinski definition) is 3. The van der Waals surface area contributed by atoms with E-state index in [9.17, 15) is 15.0 Å². The zero-order valence-corrected chi connectivity index (χ0v) is 10.6. The second-order valence-electron chi connectivity index (χ2n) is 5.29. The molecule has 0 bridgehead atoms. The molecule has 2 aliphatic rings. The quantitative estimate of drug-likeness (QED) is 0.665. The van der Waals surface area contributed by atoms with Crippen LogP contribution in [0.5, 0.6) is 0 Å². The summed E-state index contributed by atoms with van der Waals surface area (Å²) in [5.41, 5.74) is 2.01. The lowest BCUT2D eigenvalue weighted by Gasteiger charge is -2.24. The summed E-state index contributed by atoms with van der Waals surface area (Å²) in [5.74, 6) is -0.0498. The Labute approximate surface area is 111 Å². The number of carbonyl (C=O) groups is 1. The van der Waals surface area contributed by atoms with E-state index in [4.69, 9.17) is 0 Å². The van der Waals surface area contributed by atoms with Gasteiger partial charge in [-0.3, -0.25) is 9.69 Å². The van der Waals surface area contributed by atoms with Crippen molar-refractivity contribution in [3.05, 3.63) is 29.8 Å². The van der Waals surface area contributed by atoms with Gasteiger partial charge in [0.05, 0.1) is 18.2 Å². The molecule has 5 heteroatoms. The number of rotatable bonds is 1. The highest BCUT2D eigenvalue weighted by Gasteiger charge is 2.37. The third kappa shape index (κ3) is 2.36. The van der Waals surface area contributed by atoms with Crippen molar-refractivity contribution < 1.29 is 15.0 Å². The minimum Gasteiger partial charge on any atom is -0.389 e. The Morgan fingerprint density at radius 3 is 2.58 bits per heavy atom. The molecule has 0 spiro atoms. The normalized spacial score (nSPS) is 31.7. The van der Waals surface area contributed by atoms with Crippen LogP contribution in [0, 0.1) is 0 Å². The number of nitrogens with one attached hydrogen (secondary N) is 1. The van der Waals surface area contributed by atoms with Crippen LogP contribution in [-0.2, 0) is 11.2 Å². The molecule has 0 radical (unpaired) electrons. The molecule has 1 amide bonds. The third-order valence-electron chi connectivity index (χ3n) is 3.99. The number of para-hydroxylation sites is 1. The summed E-state index contributed by atoms with van der Waals surface area (Å²) in [6.45, 7) is 0.713. The lowest BCUT2D eigenvalue weighted by molar-refractivity contribution is -0.121. The minimum atomic E-state index is -0.751. The van der Waals surface area contributed by atoms with E-state index in [1.807, 2.05) is 29.2 Å². The van der Waals surface area contributed by atoms with Crippen LogP contribution in [0.15, 0.2) is 24.3 Å². The summed E-state index contributed by atoms with van der Waals surface area (Å²) in [4.78, 5) is 14.1. The summed E-state index contributed by atoms with van der Waals surface area (Å²) >= 11 is 0. The van der Waals surface area contributed by atoms with E-state index in [-0.39, 0.29) is 11.9 Å². The Morgan fingerprint density at radius 2 is 1.84 bits per heavy atom. The maximum absolute atomic E-state index is 12.3. The molecule has 102 valence electrons. The molecule has 1 saturated heterocycles. The minimum absolute atomic E-state index is 0.0498. The topological polar surface area (TPSA) is 72.8 Å². The average molecular weight is 262 g/mol. The lowest BCUT2D eigenvalue weighted by Crippen LogP contribution is -2.43. The van der Waals surface area contributed by atoms with E-state index >= 15 is 0 Å². The van der Waals surface area contributed by atoms with Crippen molar-refractivity contribution in [1.82, 2.24) is 4.90 Å². The van der Waals surface area contributed by atoms with Crippen LogP contribution in [0.25, 0.3) is 0 Å². The standard InChI is InChI=1S/C14H18N2O3/c17-12-7-16(8-13(12)18)11-6-5-9-3-1-2-4-10(9)15-14(11)19/h1-4,11-13,17-18H,5-8H2,(H,15,19). The first-order valence-corrected chi connectivity index (χ1v) is 6.64. The SMILES string of the molecule is O=C1Nc2ccccc2CCC1N1CC(O)C(O)C1. The van der Waals surface area contributed by atoms with Gasteiger partial charge in [-0.1, -0.05) is 18.2 Å². The second-order valence-corrected chi connectivity index (χ2v) is 5.29. The molecule has 1 aromatic rings. The number of aryl methyl sites for hydroxylation is 1. The number of β-amino-alcohol motifs (C(OH)–C–C–N with tert-alkyl or cyclic N) is 2. The van der Waals surface area contributed by atoms with Crippen molar-refractivity contribution in [1.29, 1.82) is 0 Å². The molecule has 0 aliphatic carbocycles. The van der Waals surface area contributed by atoms with Gasteiger partial charge in [-0.15, -0.1) is 0 Å². The van der Waals surface area contributed by atoms with Crippen LogP contribution in [0.1, 0.15) is 12.0 Å². The van der Waals surface area contributed by atoms with Gasteiger partial charge in [0.2, 0.25) is 5.91 Å². The van der Waals surface area contributed by atoms with Crippen molar-refractivity contribution >= 4 is 11.6 Å². The number of carbonyl (C=O) groups excluding carboxylic acids is 1. The first-order chi connectivity index (χ1) is 9.15. The van der Waals surface area contributed by atoms with Gasteiger partial charge in [-0.2, -0.15) is 0 Å². The highest BCUT2D eigenvalue weighted by molar-refractivity contribution is 5.96. The fraction of sp³-hybridized carbons (Fsp3) is 0.500. The van der Waals surface area contributed by atoms with Crippen molar-refractivity contribution in [2.75, 3.05) is 18.4 Å². The summed E-state index contributed by atoms with van der Waals surface area (Å²) in [6.07, 6.45) is 0.0294. The summed E-state index contributed by atoms with van der Waals surface area (Å²) in [7, 11) is 0. The molecule has 0 saturated carbocycles. The Hall–Kier alpha value is -1.43. The number of hydrogen-bond acceptors (Lipinski definition) is 4. The molecule has 2 aliphatic heterocycles. The lowest BCUT2D eigenvalue weighted by atomic mass is 10.1. The van der Waals surface area contributed by atoms with E-state index in [1.54, 1.807) is 0 Å². The zero-order chi connectivity index (χ0) is 13.4. The molecule has 3 rings (SSSR count). The van der Waals surface area contributed by atoms with E-state index in [0.29, 0.717) is 19.5 Å². The van der Waals surface area contributed by atoms with Crippen molar-refractivity contribution in [3.63, 3.8) is 0 Å². The maximum Gasteiger partial charge on any atom is 0.241 e. The molecule has 3 atom stereocenters. The fourth-order valence-electron chi connectivity index (χ4n) is 2.90. The van der Waals surface area contributed by atoms with Gasteiger partial charge in [0.1, 0.15) is 0 Å². The Balaban J connectivity index is 1.78. The molecule has 1 fully saturated rings. The first kappa shape index (κ1) is 12.6. The summed E-state index contributed by atoms with van der Waals surface area (Å²) in [6, 6.07) is 7.52. The van der Waals surface area contributed by atoms with E-state index < -0.39 is 12.2 Å². The number of amides is 1. The van der Waals surface area contributed by atoms with Gasteiger partial charge >= 0.3 is 0 Å². The van der Waals surface area contributed by atoms with Gasteiger partial charge in [0, 0.05) is 18.8 Å². The number of aliphatic hydroxyl groups excluding tert-OH is 2. The van der Waals surface area contributed by atoms with Gasteiger partial charge in [-0.05, 0) is 24.5 Å². The van der Waals surface area contributed by atoms with Crippen LogP contribution in [0.3, 0.4) is 0 Å². The highest BCUT2D eigenvalue weighted by atomic mass is 16.3. The van der Waals surface area contributed by atoms with Crippen LogP contribution in [0.2, 0.25) is 0 Å². The summed E-state index contributed by atoms with van der Waals surface area (Å²) in [5, 5.41) is 22.1. The van der Waals surface area contributed by atoms with Crippen LogP contribution < -0.4 is 5.32 Å². The number of likely N-dealkylation sites (tertiary alicyclic amines) is 1. The van der Waals surface area contributed by atoms with Crippen LogP contribution in [-0.4, -0.2) is 52.4 Å². The molecular weight excluding hydrogens is 244 g/mol. The van der Waals surface area contributed by atoms with Crippen LogP contribution in [0.4, 0.5) is 5.69 Å². The van der Waals surface area contributed by atoms with E-state index in [2.05, 4.69) is 5.32 Å². The van der Waals surface area contributed by atoms with Gasteiger partial charge in [0.25, 0.3) is 0 Å². The number of anilines is 1. The first-order valence-electron chi connectivity index (χ1n) is 6.64. The Morgan fingerprint density at radius 1 is 1.16 bits per heavy atom. The summed E-state index contributed by atoms with van der Waals surface area (Å²) < 4.78 is 0. The van der Waals surface area contributed by atoms with Crippen molar-refractivity contribution in [2.24, 2.45) is 0 Å². The third-order valence-corrected chi connectivity index (χ3v) is 3.99. The largest absolute Gasteiger partial charge is 0.389 e. The fourth-order valence-corrected chi connectivity index (χ4v) is 2.90. The predicted octanol–water partition coefficient (Wildman–Crippen LogP) is -0.0227. The maximum atomic E-state index is 12.3. The Bertz CT molecular complexity index is 481. The highest BCUT2D eigenvalue weighted by Crippen LogP contribution is 2.25. The number of benzene rings is 1. The monoisotopic (exact) mass is 262 g/mol. The number of aliphatic hydroxyl groups is 2. The van der Waals surface area contributed by atoms with E-state index in [1.165, 1.54) is 0 Å². The molecule has 1 aromatic carbocycles. The van der Waals surface area contributed by atoms with E-state index in [0.717, 1.165) is 17.7 Å². The van der Waals surface area contributed by atoms with Crippen LogP contribution >= 0.6 is 0 Å². The molecule has 3 N–H and O–H groups in total.